The van der Waals surface area contributed by atoms with Crippen molar-refractivity contribution >= 4 is 37.5 Å². The van der Waals surface area contributed by atoms with Crippen LogP contribution in [0.25, 0.3) is 0 Å². The van der Waals surface area contributed by atoms with Crippen LogP contribution in [0.3, 0.4) is 0 Å². The third-order valence-electron chi connectivity index (χ3n) is 4.58. The van der Waals surface area contributed by atoms with Crippen LogP contribution in [0.5, 0.6) is 0 Å². The zero-order valence-corrected chi connectivity index (χ0v) is 15.9. The van der Waals surface area contributed by atoms with Crippen LogP contribution in [0.4, 0.5) is 5.69 Å². The molecule has 1 aromatic rings. The maximum Gasteiger partial charge on any atom is 0.0496 e. The highest BCUT2D eigenvalue weighted by Gasteiger charge is 2.29. The quantitative estimate of drug-likeness (QED) is 0.610. The highest BCUT2D eigenvalue weighted by molar-refractivity contribution is 9.11. The molecule has 0 unspecified atom stereocenters. The Morgan fingerprint density at radius 3 is 2.35 bits per heavy atom. The van der Waals surface area contributed by atoms with Crippen molar-refractivity contribution < 1.29 is 0 Å². The van der Waals surface area contributed by atoms with Crippen molar-refractivity contribution in [3.05, 3.63) is 27.1 Å². The van der Waals surface area contributed by atoms with Gasteiger partial charge in [-0.15, -0.1) is 0 Å². The third kappa shape index (κ3) is 4.49. The second-order valence-corrected chi connectivity index (χ2v) is 8.86. The van der Waals surface area contributed by atoms with Gasteiger partial charge >= 0.3 is 0 Å². The molecule has 1 nitrogen and oxygen atoms in total. The SMILES string of the molecule is CC(C)(C)C1CCC(CNc2cc(Br)ccc2Br)CC1. The molecule has 2 rings (SSSR count). The molecule has 1 aliphatic carbocycles. The molecular formula is C17H25Br2N. The number of rotatable bonds is 3. The number of hydrogen-bond acceptors (Lipinski definition) is 1. The minimum atomic E-state index is 0.478. The van der Waals surface area contributed by atoms with Gasteiger partial charge in [-0.2, -0.15) is 0 Å². The van der Waals surface area contributed by atoms with Gasteiger partial charge in [0.2, 0.25) is 0 Å². The highest BCUT2D eigenvalue weighted by atomic mass is 79.9. The Balaban J connectivity index is 1.83. The smallest absolute Gasteiger partial charge is 0.0496 e. The first-order valence-corrected chi connectivity index (χ1v) is 9.14. The Morgan fingerprint density at radius 1 is 1.10 bits per heavy atom. The maximum absolute atomic E-state index is 3.61. The molecule has 3 heteroatoms. The summed E-state index contributed by atoms with van der Waals surface area (Å²) in [4.78, 5) is 0. The van der Waals surface area contributed by atoms with E-state index in [4.69, 9.17) is 0 Å². The normalized spacial score (nSPS) is 23.6. The van der Waals surface area contributed by atoms with Crippen LogP contribution < -0.4 is 5.32 Å². The van der Waals surface area contributed by atoms with E-state index in [9.17, 15) is 0 Å². The molecule has 1 aliphatic rings. The Hall–Kier alpha value is -0.0200. The van der Waals surface area contributed by atoms with E-state index < -0.39 is 0 Å². The third-order valence-corrected chi connectivity index (χ3v) is 5.77. The van der Waals surface area contributed by atoms with E-state index in [0.29, 0.717) is 5.41 Å². The van der Waals surface area contributed by atoms with Gasteiger partial charge in [0.25, 0.3) is 0 Å². The molecule has 1 fully saturated rings. The predicted octanol–water partition coefficient (Wildman–Crippen LogP) is 6.48. The van der Waals surface area contributed by atoms with Gasteiger partial charge in [-0.05, 0) is 77.1 Å². The first-order valence-electron chi connectivity index (χ1n) is 7.55. The Labute approximate surface area is 140 Å². The van der Waals surface area contributed by atoms with Crippen molar-refractivity contribution in [2.24, 2.45) is 17.3 Å². The standard InChI is InChI=1S/C17H25Br2N/c1-17(2,3)13-6-4-12(5-7-13)11-20-16-10-14(18)8-9-15(16)19/h8-10,12-13,20H,4-7,11H2,1-3H3. The molecule has 0 spiro atoms. The molecule has 112 valence electrons. The van der Waals surface area contributed by atoms with Gasteiger partial charge in [-0.1, -0.05) is 36.7 Å². The second kappa shape index (κ2) is 6.83. The topological polar surface area (TPSA) is 12.0 Å². The van der Waals surface area contributed by atoms with E-state index in [1.807, 2.05) is 0 Å². The Kier molecular flexibility index (Phi) is 5.58. The average Bonchev–Trinajstić information content (AvgIpc) is 2.39. The summed E-state index contributed by atoms with van der Waals surface area (Å²) in [7, 11) is 0. The number of nitrogens with one attached hydrogen (secondary N) is 1. The average molecular weight is 403 g/mol. The summed E-state index contributed by atoms with van der Waals surface area (Å²) in [5, 5.41) is 3.60. The molecule has 0 heterocycles. The molecule has 1 saturated carbocycles. The summed E-state index contributed by atoms with van der Waals surface area (Å²) in [6.07, 6.45) is 5.49. The summed E-state index contributed by atoms with van der Waals surface area (Å²) in [5.74, 6) is 1.72. The lowest BCUT2D eigenvalue weighted by Crippen LogP contribution is -2.28. The van der Waals surface area contributed by atoms with Crippen molar-refractivity contribution in [2.75, 3.05) is 11.9 Å². The van der Waals surface area contributed by atoms with Crippen molar-refractivity contribution in [1.82, 2.24) is 0 Å². The van der Waals surface area contributed by atoms with Crippen molar-refractivity contribution in [1.29, 1.82) is 0 Å². The molecule has 0 amide bonds. The number of hydrogen-bond donors (Lipinski definition) is 1. The Morgan fingerprint density at radius 2 is 1.75 bits per heavy atom. The zero-order valence-electron chi connectivity index (χ0n) is 12.7. The van der Waals surface area contributed by atoms with Gasteiger partial charge < -0.3 is 5.32 Å². The zero-order chi connectivity index (χ0) is 14.8. The summed E-state index contributed by atoms with van der Waals surface area (Å²) >= 11 is 7.14. The van der Waals surface area contributed by atoms with Crippen LogP contribution in [0.2, 0.25) is 0 Å². The van der Waals surface area contributed by atoms with E-state index in [0.717, 1.165) is 27.3 Å². The lowest BCUT2D eigenvalue weighted by atomic mass is 9.70. The van der Waals surface area contributed by atoms with Gasteiger partial charge in [0, 0.05) is 21.2 Å². The van der Waals surface area contributed by atoms with E-state index in [1.165, 1.54) is 31.4 Å². The molecule has 0 saturated heterocycles. The van der Waals surface area contributed by atoms with Gasteiger partial charge in [0.15, 0.2) is 0 Å². The summed E-state index contributed by atoms with van der Waals surface area (Å²) in [5.41, 5.74) is 1.67. The van der Waals surface area contributed by atoms with Gasteiger partial charge in [0.1, 0.15) is 0 Å². The number of halogens is 2. The molecule has 0 bridgehead atoms. The molecular weight excluding hydrogens is 378 g/mol. The fraction of sp³-hybridized carbons (Fsp3) is 0.647. The fourth-order valence-corrected chi connectivity index (χ4v) is 3.87. The monoisotopic (exact) mass is 401 g/mol. The predicted molar refractivity (Wildman–Crippen MR) is 95.2 cm³/mol. The van der Waals surface area contributed by atoms with Crippen LogP contribution >= 0.6 is 31.9 Å². The molecule has 1 N–H and O–H groups in total. The molecule has 0 aliphatic heterocycles. The largest absolute Gasteiger partial charge is 0.384 e. The number of benzene rings is 1. The van der Waals surface area contributed by atoms with Crippen LogP contribution in [-0.4, -0.2) is 6.54 Å². The summed E-state index contributed by atoms with van der Waals surface area (Å²) in [6, 6.07) is 6.29. The van der Waals surface area contributed by atoms with Gasteiger partial charge in [0.05, 0.1) is 0 Å². The minimum absolute atomic E-state index is 0.478. The lowest BCUT2D eigenvalue weighted by molar-refractivity contribution is 0.153. The molecule has 0 atom stereocenters. The summed E-state index contributed by atoms with van der Waals surface area (Å²) in [6.45, 7) is 8.24. The highest BCUT2D eigenvalue weighted by Crippen LogP contribution is 2.40. The minimum Gasteiger partial charge on any atom is -0.384 e. The number of anilines is 1. The maximum atomic E-state index is 3.61. The summed E-state index contributed by atoms with van der Waals surface area (Å²) < 4.78 is 2.27. The van der Waals surface area contributed by atoms with Gasteiger partial charge in [-0.3, -0.25) is 0 Å². The first kappa shape index (κ1) is 16.4. The second-order valence-electron chi connectivity index (χ2n) is 7.09. The van der Waals surface area contributed by atoms with Crippen molar-refractivity contribution in [2.45, 2.75) is 46.5 Å². The first-order chi connectivity index (χ1) is 9.36. The van der Waals surface area contributed by atoms with Gasteiger partial charge in [-0.25, -0.2) is 0 Å². The van der Waals surface area contributed by atoms with Crippen molar-refractivity contribution in [3.63, 3.8) is 0 Å². The van der Waals surface area contributed by atoms with Crippen LogP contribution in [0.15, 0.2) is 27.1 Å². The lowest BCUT2D eigenvalue weighted by Gasteiger charge is -2.37. The van der Waals surface area contributed by atoms with E-state index >= 15 is 0 Å². The van der Waals surface area contributed by atoms with Crippen molar-refractivity contribution in [3.8, 4) is 0 Å². The van der Waals surface area contributed by atoms with Crippen LogP contribution in [0, 0.1) is 17.3 Å². The molecule has 1 aromatic carbocycles. The molecule has 20 heavy (non-hydrogen) atoms. The Bertz CT molecular complexity index is 443. The fourth-order valence-electron chi connectivity index (χ4n) is 3.12. The molecule has 0 radical (unpaired) electrons. The van der Waals surface area contributed by atoms with E-state index in [2.05, 4.69) is 76.1 Å². The van der Waals surface area contributed by atoms with E-state index in [-0.39, 0.29) is 0 Å². The van der Waals surface area contributed by atoms with Crippen LogP contribution in [0.1, 0.15) is 46.5 Å². The van der Waals surface area contributed by atoms with Crippen LogP contribution in [-0.2, 0) is 0 Å². The molecule has 0 aromatic heterocycles. The van der Waals surface area contributed by atoms with E-state index in [1.54, 1.807) is 0 Å².